The highest BCUT2D eigenvalue weighted by Gasteiger charge is 2.04. The van der Waals surface area contributed by atoms with Crippen molar-refractivity contribution in [1.82, 2.24) is 0 Å². The smallest absolute Gasteiger partial charge is 0.0599 e. The molecule has 0 aliphatic heterocycles. The van der Waals surface area contributed by atoms with Gasteiger partial charge in [0.05, 0.1) is 4.88 Å². The van der Waals surface area contributed by atoms with Crippen LogP contribution in [0.15, 0.2) is 41.6 Å². The van der Waals surface area contributed by atoms with Gasteiger partial charge in [-0.05, 0) is 29.0 Å². The molecule has 0 amide bonds. The summed E-state index contributed by atoms with van der Waals surface area (Å²) in [6, 6.07) is 6.23. The topological polar surface area (TPSA) is 0 Å². The molecule has 0 aliphatic rings. The van der Waals surface area contributed by atoms with E-state index in [-0.39, 0.29) is 0 Å². The zero-order valence-corrected chi connectivity index (χ0v) is 9.12. The van der Waals surface area contributed by atoms with Crippen molar-refractivity contribution in [3.63, 3.8) is 0 Å². The van der Waals surface area contributed by atoms with Crippen LogP contribution >= 0.6 is 22.7 Å². The second-order valence-corrected chi connectivity index (χ2v) is 4.48. The number of allylic oxidation sites excluding steroid dienone is 1. The van der Waals surface area contributed by atoms with E-state index in [0.29, 0.717) is 0 Å². The molecular weight excluding hydrogens is 208 g/mol. The van der Waals surface area contributed by atoms with E-state index in [1.165, 1.54) is 9.75 Å². The van der Waals surface area contributed by atoms with Crippen molar-refractivity contribution in [2.45, 2.75) is 0 Å². The standard InChI is InChI=1S/C12H8S2/c1-2-3-5-10-7-9-14-12(10)11-6-4-8-13-11/h2,4,6-9H,1H2. The molecule has 0 aromatic carbocycles. The van der Waals surface area contributed by atoms with Gasteiger partial charge in [0.1, 0.15) is 0 Å². The van der Waals surface area contributed by atoms with Gasteiger partial charge in [-0.3, -0.25) is 0 Å². The third-order valence-corrected chi connectivity index (χ3v) is 3.68. The molecule has 2 heteroatoms. The molecule has 0 N–H and O–H groups in total. The van der Waals surface area contributed by atoms with Gasteiger partial charge in [0.25, 0.3) is 0 Å². The summed E-state index contributed by atoms with van der Waals surface area (Å²) >= 11 is 3.48. The van der Waals surface area contributed by atoms with Gasteiger partial charge in [0, 0.05) is 10.4 Å². The van der Waals surface area contributed by atoms with Gasteiger partial charge in [-0.1, -0.05) is 24.5 Å². The average molecular weight is 216 g/mol. The Morgan fingerprint density at radius 2 is 2.14 bits per heavy atom. The van der Waals surface area contributed by atoms with Crippen LogP contribution in [-0.4, -0.2) is 0 Å². The highest BCUT2D eigenvalue weighted by molar-refractivity contribution is 7.20. The average Bonchev–Trinajstić information content (AvgIpc) is 2.84. The van der Waals surface area contributed by atoms with E-state index in [4.69, 9.17) is 0 Å². The lowest BCUT2D eigenvalue weighted by molar-refractivity contribution is 1.83. The molecule has 14 heavy (non-hydrogen) atoms. The highest BCUT2D eigenvalue weighted by Crippen LogP contribution is 2.32. The summed E-state index contributed by atoms with van der Waals surface area (Å²) in [4.78, 5) is 2.54. The second-order valence-electron chi connectivity index (χ2n) is 2.61. The summed E-state index contributed by atoms with van der Waals surface area (Å²) in [6.07, 6.45) is 1.62. The lowest BCUT2D eigenvalue weighted by Crippen LogP contribution is -1.70. The van der Waals surface area contributed by atoms with E-state index in [9.17, 15) is 0 Å². The Bertz CT molecular complexity index is 478. The summed E-state index contributed by atoms with van der Waals surface area (Å²) in [5, 5.41) is 4.15. The molecule has 0 saturated carbocycles. The fourth-order valence-corrected chi connectivity index (χ4v) is 2.87. The van der Waals surface area contributed by atoms with Crippen LogP contribution in [-0.2, 0) is 0 Å². The van der Waals surface area contributed by atoms with Crippen LogP contribution in [0.2, 0.25) is 0 Å². The molecule has 2 rings (SSSR count). The number of thiophene rings is 2. The Morgan fingerprint density at radius 1 is 1.21 bits per heavy atom. The molecule has 0 nitrogen and oxygen atoms in total. The first-order valence-electron chi connectivity index (χ1n) is 4.15. The van der Waals surface area contributed by atoms with Gasteiger partial charge < -0.3 is 0 Å². The first kappa shape index (κ1) is 9.26. The molecule has 0 radical (unpaired) electrons. The summed E-state index contributed by atoms with van der Waals surface area (Å²) in [5.41, 5.74) is 1.09. The first-order chi connectivity index (χ1) is 6.92. The van der Waals surface area contributed by atoms with Gasteiger partial charge in [0.15, 0.2) is 0 Å². The van der Waals surface area contributed by atoms with Crippen LogP contribution in [0.4, 0.5) is 0 Å². The van der Waals surface area contributed by atoms with Gasteiger partial charge in [-0.25, -0.2) is 0 Å². The Labute approximate surface area is 91.5 Å². The third-order valence-electron chi connectivity index (χ3n) is 1.72. The minimum absolute atomic E-state index is 1.09. The second kappa shape index (κ2) is 4.28. The number of hydrogen-bond acceptors (Lipinski definition) is 2. The summed E-state index contributed by atoms with van der Waals surface area (Å²) in [7, 11) is 0. The van der Waals surface area contributed by atoms with E-state index in [0.717, 1.165) is 5.56 Å². The van der Waals surface area contributed by atoms with Gasteiger partial charge in [0.2, 0.25) is 0 Å². The highest BCUT2D eigenvalue weighted by atomic mass is 32.1. The van der Waals surface area contributed by atoms with E-state index in [1.54, 1.807) is 28.7 Å². The van der Waals surface area contributed by atoms with Crippen LogP contribution < -0.4 is 0 Å². The molecule has 2 aromatic rings. The zero-order chi connectivity index (χ0) is 9.80. The van der Waals surface area contributed by atoms with Crippen LogP contribution in [0.3, 0.4) is 0 Å². The van der Waals surface area contributed by atoms with Crippen LogP contribution in [0.25, 0.3) is 9.75 Å². The molecule has 0 unspecified atom stereocenters. The lowest BCUT2D eigenvalue weighted by Gasteiger charge is -1.91. The predicted molar refractivity (Wildman–Crippen MR) is 64.7 cm³/mol. The van der Waals surface area contributed by atoms with Crippen LogP contribution in [0, 0.1) is 11.8 Å². The van der Waals surface area contributed by atoms with Crippen molar-refractivity contribution in [1.29, 1.82) is 0 Å². The maximum Gasteiger partial charge on any atom is 0.0599 e. The van der Waals surface area contributed by atoms with Gasteiger partial charge in [-0.2, -0.15) is 0 Å². The molecule has 2 aromatic heterocycles. The fourth-order valence-electron chi connectivity index (χ4n) is 1.14. The third kappa shape index (κ3) is 1.79. The van der Waals surface area contributed by atoms with Gasteiger partial charge in [-0.15, -0.1) is 22.7 Å². The van der Waals surface area contributed by atoms with Crippen molar-refractivity contribution in [3.8, 4) is 21.6 Å². The number of rotatable bonds is 1. The fraction of sp³-hybridized carbons (Fsp3) is 0. The summed E-state index contributed by atoms with van der Waals surface area (Å²) < 4.78 is 0. The van der Waals surface area contributed by atoms with Gasteiger partial charge >= 0.3 is 0 Å². The molecule has 0 fully saturated rings. The van der Waals surface area contributed by atoms with Crippen LogP contribution in [0.1, 0.15) is 5.56 Å². The molecule has 0 aliphatic carbocycles. The van der Waals surface area contributed by atoms with Crippen molar-refractivity contribution in [3.05, 3.63) is 47.2 Å². The van der Waals surface area contributed by atoms with E-state index in [1.807, 2.05) is 0 Å². The van der Waals surface area contributed by atoms with E-state index in [2.05, 4.69) is 47.4 Å². The molecule has 0 bridgehead atoms. The maximum atomic E-state index is 3.58. The normalized spacial score (nSPS) is 9.14. The summed E-state index contributed by atoms with van der Waals surface area (Å²) in [5.74, 6) is 5.96. The number of hydrogen-bond donors (Lipinski definition) is 0. The van der Waals surface area contributed by atoms with Crippen LogP contribution in [0.5, 0.6) is 0 Å². The molecule has 0 saturated heterocycles. The Kier molecular flexibility index (Phi) is 2.83. The summed E-state index contributed by atoms with van der Waals surface area (Å²) in [6.45, 7) is 3.58. The Balaban J connectivity index is 2.45. The Morgan fingerprint density at radius 3 is 2.86 bits per heavy atom. The minimum atomic E-state index is 1.09. The largest absolute Gasteiger partial charge is 0.143 e. The lowest BCUT2D eigenvalue weighted by atomic mass is 10.2. The maximum absolute atomic E-state index is 3.58. The van der Waals surface area contributed by atoms with E-state index < -0.39 is 0 Å². The van der Waals surface area contributed by atoms with Crippen molar-refractivity contribution >= 4 is 22.7 Å². The molecular formula is C12H8S2. The van der Waals surface area contributed by atoms with Crippen molar-refractivity contribution < 1.29 is 0 Å². The SMILES string of the molecule is C=CC#Cc1ccsc1-c1cccs1. The van der Waals surface area contributed by atoms with E-state index >= 15 is 0 Å². The molecule has 2 heterocycles. The van der Waals surface area contributed by atoms with Crippen molar-refractivity contribution in [2.75, 3.05) is 0 Å². The first-order valence-corrected chi connectivity index (χ1v) is 5.91. The quantitative estimate of drug-likeness (QED) is 0.632. The predicted octanol–water partition coefficient (Wildman–Crippen LogP) is 4.01. The minimum Gasteiger partial charge on any atom is -0.143 e. The monoisotopic (exact) mass is 216 g/mol. The zero-order valence-electron chi connectivity index (χ0n) is 7.49. The molecule has 0 spiro atoms. The molecule has 68 valence electrons. The molecule has 0 atom stereocenters. The van der Waals surface area contributed by atoms with Crippen molar-refractivity contribution in [2.24, 2.45) is 0 Å². The Hall–Kier alpha value is -1.30.